The predicted octanol–water partition coefficient (Wildman–Crippen LogP) is 0.0585. The van der Waals surface area contributed by atoms with Crippen molar-refractivity contribution in [2.45, 2.75) is 30.7 Å². The Labute approximate surface area is 186 Å². The van der Waals surface area contributed by atoms with Crippen LogP contribution in [0.4, 0.5) is 0 Å². The van der Waals surface area contributed by atoms with Crippen LogP contribution in [0.5, 0.6) is 23.0 Å². The van der Waals surface area contributed by atoms with Gasteiger partial charge in [0.2, 0.25) is 17.5 Å². The molecule has 2 heterocycles. The zero-order valence-electron chi connectivity index (χ0n) is 17.3. The Bertz CT molecular complexity index is 1200. The van der Waals surface area contributed by atoms with E-state index in [1.807, 2.05) is 0 Å². The lowest BCUT2D eigenvalue weighted by molar-refractivity contribution is -0.277. The lowest BCUT2D eigenvalue weighted by Crippen LogP contribution is -2.60. The van der Waals surface area contributed by atoms with Crippen molar-refractivity contribution in [1.29, 1.82) is 0 Å². The van der Waals surface area contributed by atoms with Crippen LogP contribution in [0, 0.1) is 0 Å². The molecule has 1 saturated heterocycles. The first-order chi connectivity index (χ1) is 15.8. The molecule has 3 aromatic rings. The number of benzene rings is 2. The molecule has 0 bridgehead atoms. The number of rotatable bonds is 5. The number of phenolic OH excluding ortho intramolecular Hbond substituents is 2. The number of aromatic hydroxyl groups is 2. The minimum atomic E-state index is -1.58. The quantitative estimate of drug-likeness (QED) is 0.302. The van der Waals surface area contributed by atoms with Crippen molar-refractivity contribution >= 4 is 11.0 Å². The second-order valence-corrected chi connectivity index (χ2v) is 7.47. The third kappa shape index (κ3) is 3.96. The van der Waals surface area contributed by atoms with Crippen LogP contribution in [0.2, 0.25) is 0 Å². The minimum Gasteiger partial charge on any atom is -0.504 e. The topological polar surface area (TPSA) is 179 Å². The molecule has 2 aromatic carbocycles. The molecular formula is C22H22O11. The second kappa shape index (κ2) is 8.89. The number of hydrogen-bond acceptors (Lipinski definition) is 11. The minimum absolute atomic E-state index is 0.0258. The summed E-state index contributed by atoms with van der Waals surface area (Å²) in [6.07, 6.45) is -5.93. The first-order valence-electron chi connectivity index (χ1n) is 9.88. The van der Waals surface area contributed by atoms with E-state index in [-0.39, 0.29) is 33.8 Å². The van der Waals surface area contributed by atoms with Gasteiger partial charge in [-0.3, -0.25) is 4.79 Å². The lowest BCUT2D eigenvalue weighted by Gasteiger charge is -2.39. The molecule has 0 amide bonds. The van der Waals surface area contributed by atoms with E-state index in [1.165, 1.54) is 37.6 Å². The van der Waals surface area contributed by atoms with E-state index in [9.17, 15) is 35.4 Å². The molecule has 6 N–H and O–H groups in total. The van der Waals surface area contributed by atoms with Gasteiger partial charge in [0.25, 0.3) is 0 Å². The van der Waals surface area contributed by atoms with E-state index >= 15 is 0 Å². The van der Waals surface area contributed by atoms with Crippen LogP contribution in [0.3, 0.4) is 0 Å². The van der Waals surface area contributed by atoms with Crippen LogP contribution in [-0.2, 0) is 4.74 Å². The molecule has 33 heavy (non-hydrogen) atoms. The highest BCUT2D eigenvalue weighted by Gasteiger charge is 2.44. The monoisotopic (exact) mass is 462 g/mol. The second-order valence-electron chi connectivity index (χ2n) is 7.47. The van der Waals surface area contributed by atoms with E-state index in [0.29, 0.717) is 5.56 Å². The zero-order valence-corrected chi connectivity index (χ0v) is 17.3. The summed E-state index contributed by atoms with van der Waals surface area (Å²) < 4.78 is 21.2. The highest BCUT2D eigenvalue weighted by Crippen LogP contribution is 2.41. The molecule has 0 radical (unpaired) electrons. The van der Waals surface area contributed by atoms with E-state index < -0.39 is 48.5 Å². The maximum absolute atomic E-state index is 13.0. The van der Waals surface area contributed by atoms with Crippen molar-refractivity contribution in [3.8, 4) is 34.1 Å². The molecule has 0 aliphatic carbocycles. The average molecular weight is 462 g/mol. The van der Waals surface area contributed by atoms with Crippen molar-refractivity contribution in [3.63, 3.8) is 0 Å². The van der Waals surface area contributed by atoms with Gasteiger partial charge in [-0.05, 0) is 17.7 Å². The highest BCUT2D eigenvalue weighted by molar-refractivity contribution is 5.91. The summed E-state index contributed by atoms with van der Waals surface area (Å²) in [6, 6.07) is 7.14. The standard InChI is InChI=1S/C22H22O11/c1-30-21-12(24)6-13-15(18(21)27)16(25)11(8-31-13)9-2-4-10(5-3-9)32-22-20(29)19(28)17(26)14(7-23)33-22/h2-6,8,14,17,19-20,22-24,26-29H,7H2,1H3/t14-,17-,19+,20-,22-/m1/s1. The maximum atomic E-state index is 13.0. The van der Waals surface area contributed by atoms with E-state index in [1.54, 1.807) is 0 Å². The van der Waals surface area contributed by atoms with Crippen LogP contribution in [-0.4, -0.2) is 75.1 Å². The third-order valence-corrected chi connectivity index (χ3v) is 5.44. The Morgan fingerprint density at radius 2 is 1.73 bits per heavy atom. The summed E-state index contributed by atoms with van der Waals surface area (Å²) in [5.41, 5.74) is -0.0556. The van der Waals surface area contributed by atoms with Gasteiger partial charge in [-0.25, -0.2) is 0 Å². The van der Waals surface area contributed by atoms with Crippen LogP contribution < -0.4 is 14.9 Å². The molecule has 11 nitrogen and oxygen atoms in total. The summed E-state index contributed by atoms with van der Waals surface area (Å²) in [5, 5.41) is 59.2. The van der Waals surface area contributed by atoms with Crippen molar-refractivity contribution in [3.05, 3.63) is 46.8 Å². The number of methoxy groups -OCH3 is 1. The Morgan fingerprint density at radius 3 is 2.36 bits per heavy atom. The van der Waals surface area contributed by atoms with Crippen molar-refractivity contribution < 1.29 is 49.3 Å². The van der Waals surface area contributed by atoms with Gasteiger partial charge < -0.3 is 49.3 Å². The molecule has 4 rings (SSSR count). The summed E-state index contributed by atoms with van der Waals surface area (Å²) in [7, 11) is 1.24. The van der Waals surface area contributed by atoms with Crippen molar-refractivity contribution in [2.24, 2.45) is 0 Å². The van der Waals surface area contributed by atoms with Crippen LogP contribution in [0.25, 0.3) is 22.1 Å². The Hall–Kier alpha value is -3.35. The summed E-state index contributed by atoms with van der Waals surface area (Å²) in [4.78, 5) is 13.0. The number of hydrogen-bond donors (Lipinski definition) is 6. The van der Waals surface area contributed by atoms with E-state index in [4.69, 9.17) is 18.6 Å². The number of phenols is 2. The number of ether oxygens (including phenoxy) is 3. The molecule has 1 fully saturated rings. The fraction of sp³-hybridized carbons (Fsp3) is 0.318. The smallest absolute Gasteiger partial charge is 0.229 e. The average Bonchev–Trinajstić information content (AvgIpc) is 2.80. The molecule has 0 saturated carbocycles. The first-order valence-corrected chi connectivity index (χ1v) is 9.88. The normalized spacial score (nSPS) is 25.2. The summed E-state index contributed by atoms with van der Waals surface area (Å²) in [5.74, 6) is -0.975. The molecule has 0 spiro atoms. The van der Waals surface area contributed by atoms with Gasteiger partial charge in [0, 0.05) is 6.07 Å². The van der Waals surface area contributed by atoms with E-state index in [2.05, 4.69) is 0 Å². The van der Waals surface area contributed by atoms with Gasteiger partial charge in [-0.2, -0.15) is 0 Å². The first kappa shape index (κ1) is 22.8. The van der Waals surface area contributed by atoms with Gasteiger partial charge in [0.05, 0.1) is 19.3 Å². The molecule has 5 atom stereocenters. The molecule has 11 heteroatoms. The maximum Gasteiger partial charge on any atom is 0.229 e. The van der Waals surface area contributed by atoms with Crippen LogP contribution in [0.15, 0.2) is 45.8 Å². The van der Waals surface area contributed by atoms with Gasteiger partial charge in [0.1, 0.15) is 47.4 Å². The van der Waals surface area contributed by atoms with Gasteiger partial charge in [0.15, 0.2) is 11.5 Å². The third-order valence-electron chi connectivity index (χ3n) is 5.44. The zero-order chi connectivity index (χ0) is 23.9. The molecule has 1 aliphatic heterocycles. The van der Waals surface area contributed by atoms with E-state index in [0.717, 1.165) is 6.07 Å². The summed E-state index contributed by atoms with van der Waals surface area (Å²) in [6.45, 7) is -0.586. The fourth-order valence-corrected chi connectivity index (χ4v) is 3.65. The van der Waals surface area contributed by atoms with Crippen LogP contribution >= 0.6 is 0 Å². The molecule has 0 unspecified atom stereocenters. The van der Waals surface area contributed by atoms with Crippen molar-refractivity contribution in [2.75, 3.05) is 13.7 Å². The van der Waals surface area contributed by atoms with Gasteiger partial charge in [-0.1, -0.05) is 12.1 Å². The molecule has 1 aliphatic rings. The highest BCUT2D eigenvalue weighted by atomic mass is 16.7. The molecule has 176 valence electrons. The number of aliphatic hydroxyl groups excluding tert-OH is 4. The van der Waals surface area contributed by atoms with Gasteiger partial charge >= 0.3 is 0 Å². The van der Waals surface area contributed by atoms with Gasteiger partial charge in [-0.15, -0.1) is 0 Å². The number of fused-ring (bicyclic) bond motifs is 1. The fourth-order valence-electron chi connectivity index (χ4n) is 3.65. The molecular weight excluding hydrogens is 440 g/mol. The lowest BCUT2D eigenvalue weighted by atomic mass is 9.99. The Balaban J connectivity index is 1.62. The van der Waals surface area contributed by atoms with Crippen LogP contribution in [0.1, 0.15) is 0 Å². The Morgan fingerprint density at radius 1 is 1.03 bits per heavy atom. The number of aliphatic hydroxyl groups is 4. The largest absolute Gasteiger partial charge is 0.504 e. The predicted molar refractivity (Wildman–Crippen MR) is 112 cm³/mol. The SMILES string of the molecule is COc1c(O)cc2occ(-c3ccc(O[C@@H]4O[C@H](CO)[C@@H](O)[C@H](O)[C@H]4O)cc3)c(=O)c2c1O. The molecule has 1 aromatic heterocycles. The Kier molecular flexibility index (Phi) is 6.15. The summed E-state index contributed by atoms with van der Waals surface area (Å²) >= 11 is 0. The van der Waals surface area contributed by atoms with Crippen molar-refractivity contribution in [1.82, 2.24) is 0 Å².